The Balaban J connectivity index is 0.000000166. The maximum atomic E-state index is 13.0. The zero-order valence-electron chi connectivity index (χ0n) is 19.6. The minimum atomic E-state index is -0.259. The van der Waals surface area contributed by atoms with E-state index in [4.69, 9.17) is 9.47 Å². The van der Waals surface area contributed by atoms with Gasteiger partial charge >= 0.3 is 0 Å². The number of ether oxygens (including phenoxy) is 2. The molecule has 0 radical (unpaired) electrons. The lowest BCUT2D eigenvalue weighted by Crippen LogP contribution is -2.34. The van der Waals surface area contributed by atoms with Gasteiger partial charge in [-0.25, -0.2) is 4.39 Å². The highest BCUT2D eigenvalue weighted by atomic mass is 19.1. The lowest BCUT2D eigenvalue weighted by Gasteiger charge is -2.35. The molecule has 3 atom stereocenters. The molecule has 3 aromatic carbocycles. The maximum Gasteiger partial charge on any atom is 0.210 e. The third kappa shape index (κ3) is 6.31. The van der Waals surface area contributed by atoms with E-state index in [1.807, 2.05) is 36.4 Å². The van der Waals surface area contributed by atoms with Gasteiger partial charge in [0.25, 0.3) is 0 Å². The zero-order valence-corrected chi connectivity index (χ0v) is 19.6. The molecule has 0 spiro atoms. The number of carbonyl (C=O) groups is 1. The highest BCUT2D eigenvalue weighted by Gasteiger charge is 2.27. The van der Waals surface area contributed by atoms with Crippen molar-refractivity contribution in [1.82, 2.24) is 4.90 Å². The van der Waals surface area contributed by atoms with Crippen LogP contribution < -0.4 is 0 Å². The molecule has 0 aromatic heterocycles. The number of halogens is 1. The van der Waals surface area contributed by atoms with E-state index in [0.29, 0.717) is 19.3 Å². The fourth-order valence-electron chi connectivity index (χ4n) is 4.49. The minimum Gasteiger partial charge on any atom is -0.376 e. The van der Waals surface area contributed by atoms with E-state index in [1.54, 1.807) is 17.0 Å². The van der Waals surface area contributed by atoms with Gasteiger partial charge in [-0.2, -0.15) is 0 Å². The monoisotopic (exact) mass is 461 g/mol. The van der Waals surface area contributed by atoms with Gasteiger partial charge in [-0.05, 0) is 60.6 Å². The number of benzene rings is 3. The Morgan fingerprint density at radius 2 is 1.74 bits per heavy atom. The van der Waals surface area contributed by atoms with Crippen molar-refractivity contribution in [2.24, 2.45) is 0 Å². The summed E-state index contributed by atoms with van der Waals surface area (Å²) >= 11 is 0. The maximum absolute atomic E-state index is 13.0. The number of hydrogen-bond acceptors (Lipinski definition) is 3. The smallest absolute Gasteiger partial charge is 0.210 e. The first-order valence-electron chi connectivity index (χ1n) is 12.0. The van der Waals surface area contributed by atoms with Crippen LogP contribution in [-0.2, 0) is 27.3 Å². The molecule has 2 aliphatic rings. The van der Waals surface area contributed by atoms with Gasteiger partial charge in [-0.15, -0.1) is 0 Å². The minimum absolute atomic E-state index is 0.108. The molecule has 0 N–H and O–H groups in total. The summed E-state index contributed by atoms with van der Waals surface area (Å²) in [5.74, 6) is -0.259. The van der Waals surface area contributed by atoms with Crippen molar-refractivity contribution in [3.05, 3.63) is 107 Å². The molecule has 178 valence electrons. The van der Waals surface area contributed by atoms with E-state index in [9.17, 15) is 9.18 Å². The summed E-state index contributed by atoms with van der Waals surface area (Å²) in [5, 5.41) is 0. The Bertz CT molecular complexity index is 1030. The quantitative estimate of drug-likeness (QED) is 0.458. The number of nitrogens with zero attached hydrogens (tertiary/aromatic N) is 1. The Morgan fingerprint density at radius 3 is 2.44 bits per heavy atom. The van der Waals surface area contributed by atoms with Gasteiger partial charge in [-0.1, -0.05) is 66.7 Å². The predicted octanol–water partition coefficient (Wildman–Crippen LogP) is 5.70. The van der Waals surface area contributed by atoms with Crippen LogP contribution in [0.15, 0.2) is 78.9 Å². The summed E-state index contributed by atoms with van der Waals surface area (Å²) in [7, 11) is 0. The van der Waals surface area contributed by atoms with E-state index >= 15 is 0 Å². The standard InChI is InChI=1S/C16H14FNO.C13H18O2/c17-14-7-5-13(6-8-14)16-15-4-2-1-3-12(15)9-10-18(16)11-19;1-11-7-8-13(10-14-11)15-9-12-5-3-2-4-6-12/h1-8,11,16H,9-10H2;2-6,11,13H,7-10H2,1H3/t16-;11-,13+/m00/s1. The fraction of sp³-hybridized carbons (Fsp3) is 0.345. The molecule has 0 bridgehead atoms. The lowest BCUT2D eigenvalue weighted by atomic mass is 9.88. The number of carbonyl (C=O) groups excluding carboxylic acids is 1. The summed E-state index contributed by atoms with van der Waals surface area (Å²) in [6.45, 7) is 4.26. The lowest BCUT2D eigenvalue weighted by molar-refractivity contribution is -0.119. The second-order valence-corrected chi connectivity index (χ2v) is 8.89. The van der Waals surface area contributed by atoms with Crippen LogP contribution in [0, 0.1) is 5.82 Å². The molecule has 2 aliphatic heterocycles. The third-order valence-electron chi connectivity index (χ3n) is 6.43. The van der Waals surface area contributed by atoms with Crippen LogP contribution in [0.3, 0.4) is 0 Å². The second kappa shape index (κ2) is 11.9. The Labute approximate surface area is 201 Å². The van der Waals surface area contributed by atoms with E-state index in [0.717, 1.165) is 43.4 Å². The topological polar surface area (TPSA) is 38.8 Å². The second-order valence-electron chi connectivity index (χ2n) is 8.89. The fourth-order valence-corrected chi connectivity index (χ4v) is 4.49. The van der Waals surface area contributed by atoms with Crippen molar-refractivity contribution in [3.8, 4) is 0 Å². The van der Waals surface area contributed by atoms with Gasteiger partial charge in [0.05, 0.1) is 31.5 Å². The van der Waals surface area contributed by atoms with Crippen LogP contribution in [-0.4, -0.2) is 36.7 Å². The first kappa shape index (κ1) is 24.1. The Hall–Kier alpha value is -3.02. The average Bonchev–Trinajstić information content (AvgIpc) is 2.89. The van der Waals surface area contributed by atoms with Crippen LogP contribution in [0.5, 0.6) is 0 Å². The van der Waals surface area contributed by atoms with Crippen LogP contribution in [0.1, 0.15) is 48.1 Å². The molecule has 1 saturated heterocycles. The highest BCUT2D eigenvalue weighted by molar-refractivity contribution is 5.54. The molecular weight excluding hydrogens is 429 g/mol. The van der Waals surface area contributed by atoms with E-state index < -0.39 is 0 Å². The van der Waals surface area contributed by atoms with E-state index in [1.165, 1.54) is 23.3 Å². The molecule has 0 unspecified atom stereocenters. The number of amides is 1. The van der Waals surface area contributed by atoms with Gasteiger partial charge in [0.1, 0.15) is 5.82 Å². The van der Waals surface area contributed by atoms with Gasteiger partial charge in [0, 0.05) is 6.54 Å². The first-order chi connectivity index (χ1) is 16.6. The third-order valence-corrected chi connectivity index (χ3v) is 6.43. The van der Waals surface area contributed by atoms with Crippen molar-refractivity contribution in [1.29, 1.82) is 0 Å². The van der Waals surface area contributed by atoms with Gasteiger partial charge in [0.15, 0.2) is 0 Å². The van der Waals surface area contributed by atoms with Crippen LogP contribution in [0.25, 0.3) is 0 Å². The van der Waals surface area contributed by atoms with Crippen LogP contribution in [0.4, 0.5) is 4.39 Å². The van der Waals surface area contributed by atoms with Crippen LogP contribution in [0.2, 0.25) is 0 Å². The van der Waals surface area contributed by atoms with Crippen molar-refractivity contribution >= 4 is 6.41 Å². The first-order valence-corrected chi connectivity index (χ1v) is 12.0. The summed E-state index contributed by atoms with van der Waals surface area (Å²) in [5.41, 5.74) is 4.57. The molecule has 0 saturated carbocycles. The van der Waals surface area contributed by atoms with Crippen molar-refractivity contribution in [2.75, 3.05) is 13.2 Å². The molecule has 4 nitrogen and oxygen atoms in total. The van der Waals surface area contributed by atoms with Crippen molar-refractivity contribution in [2.45, 2.75) is 51.0 Å². The van der Waals surface area contributed by atoms with E-state index in [2.05, 4.69) is 25.1 Å². The van der Waals surface area contributed by atoms with Crippen LogP contribution >= 0.6 is 0 Å². The molecule has 1 fully saturated rings. The molecule has 3 aromatic rings. The van der Waals surface area contributed by atoms with Gasteiger partial charge in [-0.3, -0.25) is 4.79 Å². The molecule has 5 heteroatoms. The van der Waals surface area contributed by atoms with E-state index in [-0.39, 0.29) is 18.0 Å². The normalized spacial score (nSPS) is 21.7. The Morgan fingerprint density at radius 1 is 1.00 bits per heavy atom. The molecule has 1 amide bonds. The SMILES string of the molecule is C[C@H]1CC[C@@H](OCc2ccccc2)CO1.O=CN1CCc2ccccc2[C@@H]1c1ccc(F)cc1. The van der Waals surface area contributed by atoms with Gasteiger partial charge < -0.3 is 14.4 Å². The largest absolute Gasteiger partial charge is 0.376 e. The summed E-state index contributed by atoms with van der Waals surface area (Å²) in [6.07, 6.45) is 4.66. The average molecular weight is 462 g/mol. The number of rotatable bonds is 5. The number of hydrogen-bond donors (Lipinski definition) is 0. The molecule has 2 heterocycles. The zero-order chi connectivity index (χ0) is 23.8. The van der Waals surface area contributed by atoms with Crippen molar-refractivity contribution < 1.29 is 18.7 Å². The Kier molecular flexibility index (Phi) is 8.45. The molecule has 5 rings (SSSR count). The molecule has 0 aliphatic carbocycles. The predicted molar refractivity (Wildman–Crippen MR) is 131 cm³/mol. The summed E-state index contributed by atoms with van der Waals surface area (Å²) in [4.78, 5) is 13.0. The highest BCUT2D eigenvalue weighted by Crippen LogP contribution is 2.34. The summed E-state index contributed by atoms with van der Waals surface area (Å²) in [6, 6.07) is 24.7. The summed E-state index contributed by atoms with van der Waals surface area (Å²) < 4.78 is 24.4. The molecule has 34 heavy (non-hydrogen) atoms. The van der Waals surface area contributed by atoms with Gasteiger partial charge in [0.2, 0.25) is 6.41 Å². The number of fused-ring (bicyclic) bond motifs is 1. The van der Waals surface area contributed by atoms with Crippen molar-refractivity contribution in [3.63, 3.8) is 0 Å². The molecular formula is C29H32FNO3.